The number of hydrogen-bond donors (Lipinski definition) is 2. The fraction of sp³-hybridized carbons (Fsp3) is 0.455. The molecule has 1 fully saturated rings. The number of piperazine rings is 1. The van der Waals surface area contributed by atoms with Crippen LogP contribution in [0.5, 0.6) is 0 Å². The molecule has 3 N–H and O–H groups in total. The van der Waals surface area contributed by atoms with Gasteiger partial charge < -0.3 is 16.0 Å². The minimum Gasteiger partial charge on any atom is -0.369 e. The molecule has 1 heterocycles. The maximum Gasteiger partial charge on any atom is 0.123 e. The van der Waals surface area contributed by atoms with Crippen molar-refractivity contribution < 1.29 is 4.39 Å². The number of rotatable bonds is 2. The third-order valence-electron chi connectivity index (χ3n) is 2.72. The number of hydrogen-bond acceptors (Lipinski definition) is 3. The summed E-state index contributed by atoms with van der Waals surface area (Å²) in [5.41, 5.74) is 7.57. The molecule has 0 aromatic heterocycles. The van der Waals surface area contributed by atoms with Crippen LogP contribution in [0.1, 0.15) is 5.56 Å². The summed E-state index contributed by atoms with van der Waals surface area (Å²) in [5, 5.41) is 3.29. The lowest BCUT2D eigenvalue weighted by atomic mass is 10.1. The minimum absolute atomic E-state index is 0. The topological polar surface area (TPSA) is 41.3 Å². The van der Waals surface area contributed by atoms with E-state index in [1.807, 2.05) is 6.07 Å². The molecule has 0 atom stereocenters. The van der Waals surface area contributed by atoms with Crippen molar-refractivity contribution in [1.29, 1.82) is 0 Å². The van der Waals surface area contributed by atoms with E-state index < -0.39 is 0 Å². The standard InChI is InChI=1S/C11H16FN3.2ClH/c12-10-1-2-11(9(7-10)8-13)15-5-3-14-4-6-15;;/h1-2,7,14H,3-6,8,13H2;2*1H. The second-order valence-corrected chi connectivity index (χ2v) is 3.71. The molecule has 17 heavy (non-hydrogen) atoms. The Morgan fingerprint density at radius 3 is 2.47 bits per heavy atom. The number of anilines is 1. The normalized spacial score (nSPS) is 14.8. The van der Waals surface area contributed by atoms with Crippen LogP contribution in [0.2, 0.25) is 0 Å². The molecule has 1 aliphatic heterocycles. The Kier molecular flexibility index (Phi) is 7.46. The van der Waals surface area contributed by atoms with E-state index in [0.29, 0.717) is 6.54 Å². The van der Waals surface area contributed by atoms with E-state index in [0.717, 1.165) is 37.4 Å². The van der Waals surface area contributed by atoms with Crippen molar-refractivity contribution in [2.24, 2.45) is 5.73 Å². The molecule has 1 saturated heterocycles. The van der Waals surface area contributed by atoms with Crippen LogP contribution in [0.25, 0.3) is 0 Å². The van der Waals surface area contributed by atoms with Gasteiger partial charge in [0.2, 0.25) is 0 Å². The summed E-state index contributed by atoms with van der Waals surface area (Å²) < 4.78 is 13.0. The number of benzene rings is 1. The van der Waals surface area contributed by atoms with Gasteiger partial charge in [0, 0.05) is 38.4 Å². The first-order valence-electron chi connectivity index (χ1n) is 5.25. The van der Waals surface area contributed by atoms with E-state index in [1.54, 1.807) is 0 Å². The maximum absolute atomic E-state index is 13.0. The van der Waals surface area contributed by atoms with E-state index in [9.17, 15) is 4.39 Å². The molecule has 3 nitrogen and oxygen atoms in total. The molecule has 1 aliphatic rings. The highest BCUT2D eigenvalue weighted by atomic mass is 35.5. The minimum atomic E-state index is -0.214. The Labute approximate surface area is 113 Å². The van der Waals surface area contributed by atoms with Gasteiger partial charge in [0.05, 0.1) is 0 Å². The zero-order valence-electron chi connectivity index (χ0n) is 9.49. The summed E-state index contributed by atoms with van der Waals surface area (Å²) in [6.07, 6.45) is 0. The summed E-state index contributed by atoms with van der Waals surface area (Å²) in [5.74, 6) is -0.214. The monoisotopic (exact) mass is 281 g/mol. The summed E-state index contributed by atoms with van der Waals surface area (Å²) >= 11 is 0. The lowest BCUT2D eigenvalue weighted by Gasteiger charge is -2.31. The van der Waals surface area contributed by atoms with Crippen molar-refractivity contribution in [2.45, 2.75) is 6.54 Å². The molecular weight excluding hydrogens is 264 g/mol. The predicted octanol–water partition coefficient (Wildman–Crippen LogP) is 1.54. The Hall–Kier alpha value is -0.550. The quantitative estimate of drug-likeness (QED) is 0.864. The SMILES string of the molecule is Cl.Cl.NCc1cc(F)ccc1N1CCNCC1. The van der Waals surface area contributed by atoms with Gasteiger partial charge in [0.15, 0.2) is 0 Å². The summed E-state index contributed by atoms with van der Waals surface area (Å²) in [6, 6.07) is 4.84. The lowest BCUT2D eigenvalue weighted by Crippen LogP contribution is -2.44. The van der Waals surface area contributed by atoms with Gasteiger partial charge in [-0.25, -0.2) is 4.39 Å². The van der Waals surface area contributed by atoms with Crippen LogP contribution in [0.4, 0.5) is 10.1 Å². The van der Waals surface area contributed by atoms with Gasteiger partial charge in [-0.1, -0.05) is 0 Å². The Bertz CT molecular complexity index is 343. The summed E-state index contributed by atoms with van der Waals surface area (Å²) in [7, 11) is 0. The van der Waals surface area contributed by atoms with Gasteiger partial charge in [0.25, 0.3) is 0 Å². The summed E-state index contributed by atoms with van der Waals surface area (Å²) in [4.78, 5) is 2.25. The van der Waals surface area contributed by atoms with Gasteiger partial charge in [-0.15, -0.1) is 24.8 Å². The average molecular weight is 282 g/mol. The zero-order chi connectivity index (χ0) is 10.7. The first kappa shape index (κ1) is 16.4. The third kappa shape index (κ3) is 4.00. The third-order valence-corrected chi connectivity index (χ3v) is 2.72. The molecule has 1 aromatic rings. The van der Waals surface area contributed by atoms with Crippen molar-refractivity contribution in [1.82, 2.24) is 5.32 Å². The first-order chi connectivity index (χ1) is 7.31. The molecule has 2 rings (SSSR count). The zero-order valence-corrected chi connectivity index (χ0v) is 11.1. The Morgan fingerprint density at radius 2 is 1.88 bits per heavy atom. The summed E-state index contributed by atoms with van der Waals surface area (Å²) in [6.45, 7) is 4.25. The molecular formula is C11H18Cl2FN3. The van der Waals surface area contributed by atoms with Crippen molar-refractivity contribution >= 4 is 30.5 Å². The largest absolute Gasteiger partial charge is 0.369 e. The fourth-order valence-corrected chi connectivity index (χ4v) is 1.93. The van der Waals surface area contributed by atoms with Crippen molar-refractivity contribution in [3.8, 4) is 0 Å². The van der Waals surface area contributed by atoms with Crippen LogP contribution in [0.15, 0.2) is 18.2 Å². The molecule has 1 aromatic carbocycles. The van der Waals surface area contributed by atoms with Gasteiger partial charge in [-0.05, 0) is 23.8 Å². The number of nitrogens with two attached hydrogens (primary N) is 1. The highest BCUT2D eigenvalue weighted by Crippen LogP contribution is 2.21. The smallest absolute Gasteiger partial charge is 0.123 e. The van der Waals surface area contributed by atoms with E-state index in [2.05, 4.69) is 10.2 Å². The van der Waals surface area contributed by atoms with Crippen LogP contribution in [0.3, 0.4) is 0 Å². The number of nitrogens with zero attached hydrogens (tertiary/aromatic N) is 1. The second-order valence-electron chi connectivity index (χ2n) is 3.71. The van der Waals surface area contributed by atoms with Crippen molar-refractivity contribution in [3.05, 3.63) is 29.6 Å². The Morgan fingerprint density at radius 1 is 1.24 bits per heavy atom. The van der Waals surface area contributed by atoms with E-state index in [4.69, 9.17) is 5.73 Å². The molecule has 0 amide bonds. The molecule has 0 radical (unpaired) electrons. The predicted molar refractivity (Wildman–Crippen MR) is 73.9 cm³/mol. The van der Waals surface area contributed by atoms with E-state index in [1.165, 1.54) is 12.1 Å². The maximum atomic E-state index is 13.0. The van der Waals surface area contributed by atoms with Crippen LogP contribution >= 0.6 is 24.8 Å². The Balaban J connectivity index is 0.00000128. The van der Waals surface area contributed by atoms with Crippen molar-refractivity contribution in [2.75, 3.05) is 31.1 Å². The fourth-order valence-electron chi connectivity index (χ4n) is 1.93. The lowest BCUT2D eigenvalue weighted by molar-refractivity contribution is 0.585. The second kappa shape index (κ2) is 7.71. The van der Waals surface area contributed by atoms with Gasteiger partial charge >= 0.3 is 0 Å². The first-order valence-corrected chi connectivity index (χ1v) is 5.25. The van der Waals surface area contributed by atoms with Crippen LogP contribution in [-0.2, 0) is 6.54 Å². The van der Waals surface area contributed by atoms with Gasteiger partial charge in [0.1, 0.15) is 5.82 Å². The van der Waals surface area contributed by atoms with Crippen LogP contribution < -0.4 is 16.0 Å². The molecule has 0 bridgehead atoms. The molecule has 0 saturated carbocycles. The van der Waals surface area contributed by atoms with Crippen molar-refractivity contribution in [3.63, 3.8) is 0 Å². The highest BCUT2D eigenvalue weighted by molar-refractivity contribution is 5.85. The van der Waals surface area contributed by atoms with Crippen LogP contribution in [-0.4, -0.2) is 26.2 Å². The number of halogens is 3. The molecule has 0 unspecified atom stereocenters. The molecule has 0 aliphatic carbocycles. The van der Waals surface area contributed by atoms with E-state index in [-0.39, 0.29) is 30.6 Å². The molecule has 0 spiro atoms. The average Bonchev–Trinajstić information content (AvgIpc) is 2.30. The van der Waals surface area contributed by atoms with Crippen LogP contribution in [0, 0.1) is 5.82 Å². The molecule has 98 valence electrons. The molecule has 6 heteroatoms. The van der Waals surface area contributed by atoms with Gasteiger partial charge in [-0.3, -0.25) is 0 Å². The number of nitrogens with one attached hydrogen (secondary N) is 1. The van der Waals surface area contributed by atoms with E-state index >= 15 is 0 Å². The highest BCUT2D eigenvalue weighted by Gasteiger charge is 2.13. The van der Waals surface area contributed by atoms with Gasteiger partial charge in [-0.2, -0.15) is 0 Å².